The van der Waals surface area contributed by atoms with E-state index in [1.54, 1.807) is 4.90 Å². The third-order valence-corrected chi connectivity index (χ3v) is 6.36. The Morgan fingerprint density at radius 1 is 1.30 bits per heavy atom. The zero-order valence-corrected chi connectivity index (χ0v) is 20.0. The van der Waals surface area contributed by atoms with Crippen molar-refractivity contribution >= 4 is 17.5 Å². The Hall–Kier alpha value is -2.20. The number of morpholine rings is 1. The highest BCUT2D eigenvalue weighted by Gasteiger charge is 2.30. The molecule has 0 bridgehead atoms. The molecule has 0 aliphatic carbocycles. The van der Waals surface area contributed by atoms with Crippen LogP contribution in [0.25, 0.3) is 0 Å². The van der Waals surface area contributed by atoms with Gasteiger partial charge in [0.15, 0.2) is 0 Å². The number of anilines is 1. The molecular weight excluding hydrogens is 424 g/mol. The van der Waals surface area contributed by atoms with Gasteiger partial charge in [0.05, 0.1) is 32.3 Å². The van der Waals surface area contributed by atoms with Gasteiger partial charge in [-0.15, -0.1) is 0 Å². The van der Waals surface area contributed by atoms with Gasteiger partial charge in [-0.1, -0.05) is 6.92 Å². The molecule has 33 heavy (non-hydrogen) atoms. The van der Waals surface area contributed by atoms with Crippen LogP contribution in [0, 0.1) is 5.92 Å². The van der Waals surface area contributed by atoms with Gasteiger partial charge < -0.3 is 30.1 Å². The first-order valence-electron chi connectivity index (χ1n) is 11.9. The molecule has 2 aliphatic heterocycles. The van der Waals surface area contributed by atoms with Crippen molar-refractivity contribution in [3.05, 3.63) is 23.8 Å². The Labute approximate surface area is 196 Å². The lowest BCUT2D eigenvalue weighted by atomic mass is 10.0. The molecule has 184 valence electrons. The molecule has 2 amide bonds. The summed E-state index contributed by atoms with van der Waals surface area (Å²) < 4.78 is 11.7. The maximum absolute atomic E-state index is 13.1. The first-order valence-corrected chi connectivity index (χ1v) is 11.9. The fourth-order valence-corrected chi connectivity index (χ4v) is 4.26. The number of carbonyl (C=O) groups is 2. The summed E-state index contributed by atoms with van der Waals surface area (Å²) in [6, 6.07) is 5.21. The van der Waals surface area contributed by atoms with E-state index in [2.05, 4.69) is 22.5 Å². The van der Waals surface area contributed by atoms with Crippen molar-refractivity contribution in [3.63, 3.8) is 0 Å². The molecule has 1 aromatic rings. The minimum absolute atomic E-state index is 0.0610. The summed E-state index contributed by atoms with van der Waals surface area (Å²) in [5.41, 5.74) is 1.38. The van der Waals surface area contributed by atoms with E-state index in [1.807, 2.05) is 32.2 Å². The number of ether oxygens (including phenoxy) is 2. The first kappa shape index (κ1) is 25.4. The minimum atomic E-state index is -0.278. The molecule has 3 atom stereocenters. The van der Waals surface area contributed by atoms with Crippen molar-refractivity contribution in [3.8, 4) is 5.75 Å². The van der Waals surface area contributed by atoms with Crippen LogP contribution in [-0.4, -0.2) is 98.5 Å². The average molecular weight is 463 g/mol. The lowest BCUT2D eigenvalue weighted by molar-refractivity contribution is -0.134. The number of carbonyl (C=O) groups excluding carboxylic acids is 2. The third kappa shape index (κ3) is 7.14. The summed E-state index contributed by atoms with van der Waals surface area (Å²) in [4.78, 5) is 29.6. The first-order chi connectivity index (χ1) is 15.9. The molecule has 1 aromatic carbocycles. The predicted octanol–water partition coefficient (Wildman–Crippen LogP) is 0.716. The zero-order valence-electron chi connectivity index (χ0n) is 20.0. The topological polar surface area (TPSA) is 103 Å². The Morgan fingerprint density at radius 2 is 2.06 bits per heavy atom. The van der Waals surface area contributed by atoms with Gasteiger partial charge in [-0.2, -0.15) is 0 Å². The van der Waals surface area contributed by atoms with Crippen molar-refractivity contribution in [2.75, 3.05) is 64.9 Å². The van der Waals surface area contributed by atoms with Crippen LogP contribution in [0.4, 0.5) is 5.69 Å². The van der Waals surface area contributed by atoms with Crippen LogP contribution < -0.4 is 15.4 Å². The second-order valence-corrected chi connectivity index (χ2v) is 9.02. The number of likely N-dealkylation sites (N-methyl/N-ethyl adjacent to an activating group) is 1. The van der Waals surface area contributed by atoms with Crippen LogP contribution in [0.2, 0.25) is 0 Å². The summed E-state index contributed by atoms with van der Waals surface area (Å²) in [7, 11) is 1.87. The van der Waals surface area contributed by atoms with E-state index in [4.69, 9.17) is 9.47 Å². The number of aliphatic hydroxyl groups is 1. The highest BCUT2D eigenvalue weighted by Crippen LogP contribution is 2.29. The summed E-state index contributed by atoms with van der Waals surface area (Å²) in [6.45, 7) is 8.76. The van der Waals surface area contributed by atoms with E-state index in [0.29, 0.717) is 50.7 Å². The van der Waals surface area contributed by atoms with Crippen molar-refractivity contribution in [2.24, 2.45) is 5.92 Å². The normalized spacial score (nSPS) is 23.0. The van der Waals surface area contributed by atoms with Gasteiger partial charge in [0.2, 0.25) is 11.8 Å². The van der Waals surface area contributed by atoms with Crippen molar-refractivity contribution in [1.82, 2.24) is 15.1 Å². The van der Waals surface area contributed by atoms with Gasteiger partial charge in [0.25, 0.3) is 0 Å². The van der Waals surface area contributed by atoms with Crippen LogP contribution in [0.15, 0.2) is 18.2 Å². The molecule has 0 saturated carbocycles. The fraction of sp³-hybridized carbons (Fsp3) is 0.667. The SMILES string of the molecule is CNC[C@H]1Oc2ccc(NC(=O)CCN3CCOCC3)cc2CC(=O)N([C@H](C)CO)C[C@H]1C. The van der Waals surface area contributed by atoms with Gasteiger partial charge in [0.1, 0.15) is 11.9 Å². The molecule has 2 aliphatic rings. The quantitative estimate of drug-likeness (QED) is 0.523. The molecule has 1 fully saturated rings. The van der Waals surface area contributed by atoms with Crippen molar-refractivity contribution in [2.45, 2.75) is 38.8 Å². The molecule has 0 spiro atoms. The average Bonchev–Trinajstić information content (AvgIpc) is 2.86. The highest BCUT2D eigenvalue weighted by atomic mass is 16.5. The molecule has 3 N–H and O–H groups in total. The second kappa shape index (κ2) is 12.3. The lowest BCUT2D eigenvalue weighted by Gasteiger charge is -2.32. The zero-order chi connectivity index (χ0) is 23.8. The highest BCUT2D eigenvalue weighted by molar-refractivity contribution is 5.91. The van der Waals surface area contributed by atoms with E-state index in [1.165, 1.54) is 0 Å². The van der Waals surface area contributed by atoms with Crippen molar-refractivity contribution < 1.29 is 24.2 Å². The van der Waals surface area contributed by atoms with Gasteiger partial charge in [-0.25, -0.2) is 0 Å². The number of nitrogens with one attached hydrogen (secondary N) is 2. The Balaban J connectivity index is 1.74. The number of benzene rings is 1. The maximum Gasteiger partial charge on any atom is 0.227 e. The van der Waals surface area contributed by atoms with Gasteiger partial charge in [-0.3, -0.25) is 14.5 Å². The monoisotopic (exact) mass is 462 g/mol. The lowest BCUT2D eigenvalue weighted by Crippen LogP contribution is -2.47. The molecule has 0 radical (unpaired) electrons. The standard InChI is InChI=1S/C24H38N4O5/c1-17-15-28(18(2)16-29)24(31)13-19-12-20(4-5-21(19)33-22(17)14-25-3)26-23(30)6-7-27-8-10-32-11-9-27/h4-5,12,17-18,22,25,29H,6-11,13-16H2,1-3H3,(H,26,30)/t17-,18-,22-/m1/s1. The van der Waals surface area contributed by atoms with E-state index in [-0.39, 0.29) is 42.9 Å². The van der Waals surface area contributed by atoms with Gasteiger partial charge in [-0.05, 0) is 32.2 Å². The molecule has 1 saturated heterocycles. The number of hydrogen-bond acceptors (Lipinski definition) is 7. The van der Waals surface area contributed by atoms with E-state index < -0.39 is 0 Å². The summed E-state index contributed by atoms with van der Waals surface area (Å²) in [6.07, 6.45) is 0.411. The third-order valence-electron chi connectivity index (χ3n) is 6.36. The minimum Gasteiger partial charge on any atom is -0.488 e. The molecule has 0 unspecified atom stereocenters. The smallest absolute Gasteiger partial charge is 0.227 e. The Bertz CT molecular complexity index is 799. The van der Waals surface area contributed by atoms with Crippen LogP contribution in [-0.2, 0) is 20.7 Å². The van der Waals surface area contributed by atoms with E-state index in [9.17, 15) is 14.7 Å². The maximum atomic E-state index is 13.1. The van der Waals surface area contributed by atoms with Crippen LogP contribution in [0.1, 0.15) is 25.8 Å². The number of hydrogen-bond donors (Lipinski definition) is 3. The largest absolute Gasteiger partial charge is 0.488 e. The molecular formula is C24H38N4O5. The van der Waals surface area contributed by atoms with Crippen molar-refractivity contribution in [1.29, 1.82) is 0 Å². The number of amides is 2. The molecule has 2 heterocycles. The van der Waals surface area contributed by atoms with Crippen LogP contribution in [0.3, 0.4) is 0 Å². The summed E-state index contributed by atoms with van der Waals surface area (Å²) in [5, 5.41) is 15.8. The molecule has 3 rings (SSSR count). The number of rotatable bonds is 8. The number of fused-ring (bicyclic) bond motifs is 1. The molecule has 0 aromatic heterocycles. The molecule has 9 heteroatoms. The van der Waals surface area contributed by atoms with Crippen LogP contribution >= 0.6 is 0 Å². The van der Waals surface area contributed by atoms with E-state index >= 15 is 0 Å². The van der Waals surface area contributed by atoms with Gasteiger partial charge in [0, 0.05) is 56.3 Å². The van der Waals surface area contributed by atoms with Gasteiger partial charge >= 0.3 is 0 Å². The number of nitrogens with zero attached hydrogens (tertiary/aromatic N) is 2. The number of aliphatic hydroxyl groups excluding tert-OH is 1. The fourth-order valence-electron chi connectivity index (χ4n) is 4.26. The molecule has 9 nitrogen and oxygen atoms in total. The summed E-state index contributed by atoms with van der Waals surface area (Å²) >= 11 is 0. The summed E-state index contributed by atoms with van der Waals surface area (Å²) in [5.74, 6) is 0.601. The second-order valence-electron chi connectivity index (χ2n) is 9.02. The van der Waals surface area contributed by atoms with E-state index in [0.717, 1.165) is 18.7 Å². The Morgan fingerprint density at radius 3 is 2.76 bits per heavy atom. The Kier molecular flexibility index (Phi) is 9.49. The predicted molar refractivity (Wildman–Crippen MR) is 126 cm³/mol. The van der Waals surface area contributed by atoms with Crippen LogP contribution in [0.5, 0.6) is 5.75 Å².